The van der Waals surface area contributed by atoms with Crippen molar-refractivity contribution < 1.29 is 9.53 Å². The predicted molar refractivity (Wildman–Crippen MR) is 146 cm³/mol. The maximum atomic E-state index is 11.5. The largest absolute Gasteiger partial charge is 0.493 e. The van der Waals surface area contributed by atoms with Crippen LogP contribution in [0.5, 0.6) is 5.75 Å². The van der Waals surface area contributed by atoms with E-state index in [9.17, 15) is 4.79 Å². The number of rotatable bonds is 10. The van der Waals surface area contributed by atoms with Crippen molar-refractivity contribution >= 4 is 34.4 Å². The van der Waals surface area contributed by atoms with Gasteiger partial charge in [-0.1, -0.05) is 6.07 Å². The number of nitrogens with one attached hydrogen (secondary N) is 1. The third-order valence-electron chi connectivity index (χ3n) is 6.42. The second kappa shape index (κ2) is 11.8. The van der Waals surface area contributed by atoms with Gasteiger partial charge in [-0.05, 0) is 43.8 Å². The Morgan fingerprint density at radius 1 is 1.11 bits per heavy atom. The topological polar surface area (TPSA) is 127 Å². The number of fused-ring (bicyclic) bond motifs is 1. The number of ether oxygens (including phenoxy) is 1. The minimum absolute atomic E-state index is 0.530. The average molecular weight is 514 g/mol. The summed E-state index contributed by atoms with van der Waals surface area (Å²) < 4.78 is 6.17. The van der Waals surface area contributed by atoms with E-state index < -0.39 is 5.91 Å². The molecule has 196 valence electrons. The van der Waals surface area contributed by atoms with Crippen LogP contribution in [0.15, 0.2) is 61.2 Å². The van der Waals surface area contributed by atoms with E-state index in [4.69, 9.17) is 10.5 Å². The molecule has 0 radical (unpaired) electrons. The zero-order valence-electron chi connectivity index (χ0n) is 21.3. The highest BCUT2D eigenvalue weighted by Crippen LogP contribution is 2.31. The first kappa shape index (κ1) is 25.3. The van der Waals surface area contributed by atoms with Gasteiger partial charge in [-0.3, -0.25) is 4.79 Å². The fraction of sp³-hybridized carbons (Fsp3) is 0.296. The molecule has 0 atom stereocenters. The smallest absolute Gasteiger partial charge is 0.241 e. The van der Waals surface area contributed by atoms with Crippen molar-refractivity contribution in [2.24, 2.45) is 5.73 Å². The number of hydrogen-bond acceptors (Lipinski definition) is 9. The fourth-order valence-corrected chi connectivity index (χ4v) is 4.36. The summed E-state index contributed by atoms with van der Waals surface area (Å²) in [6, 6.07) is 11.5. The van der Waals surface area contributed by atoms with E-state index in [0.29, 0.717) is 18.2 Å². The molecule has 3 N–H and O–H groups in total. The normalized spacial score (nSPS) is 14.8. The summed E-state index contributed by atoms with van der Waals surface area (Å²) in [4.78, 5) is 26.8. The molecule has 11 nitrogen and oxygen atoms in total. The molecule has 0 unspecified atom stereocenters. The van der Waals surface area contributed by atoms with Gasteiger partial charge in [0.15, 0.2) is 0 Å². The molecule has 0 bridgehead atoms. The van der Waals surface area contributed by atoms with Crippen LogP contribution in [0.1, 0.15) is 12.0 Å². The van der Waals surface area contributed by atoms with Gasteiger partial charge in [-0.2, -0.15) is 15.0 Å². The minimum atomic E-state index is -0.530. The highest BCUT2D eigenvalue weighted by Gasteiger charge is 2.14. The quantitative estimate of drug-likeness (QED) is 0.243. The standard InChI is InChI=1S/C27H31N9O2/c1-34-11-13-35(14-12-34)10-3-15-38-25-18-24-23(16-20(25)6-7-26(28)37)27(30-19-29-24)33-21-4-2-5-22(17-21)36-31-8-9-32-36/h2,4-9,16-19H,3,10-15H2,1H3,(H2,28,37)(H,29,30,33). The first-order valence-corrected chi connectivity index (χ1v) is 12.6. The van der Waals surface area contributed by atoms with Crippen LogP contribution in [0.2, 0.25) is 0 Å². The summed E-state index contributed by atoms with van der Waals surface area (Å²) in [7, 11) is 2.15. The highest BCUT2D eigenvalue weighted by atomic mass is 16.5. The maximum absolute atomic E-state index is 11.5. The number of nitrogens with two attached hydrogens (primary N) is 1. The predicted octanol–water partition coefficient (Wildman–Crippen LogP) is 2.47. The molecule has 11 heteroatoms. The minimum Gasteiger partial charge on any atom is -0.493 e. The fourth-order valence-electron chi connectivity index (χ4n) is 4.36. The van der Waals surface area contributed by atoms with Crippen LogP contribution < -0.4 is 15.8 Å². The SMILES string of the molecule is CN1CCN(CCCOc2cc3ncnc(Nc4cccc(-n5nccn5)c4)c3cc2C=CC(N)=O)CC1. The van der Waals surface area contributed by atoms with Crippen molar-refractivity contribution in [3.05, 3.63) is 66.8 Å². The molecule has 2 aromatic carbocycles. The van der Waals surface area contributed by atoms with Gasteiger partial charge >= 0.3 is 0 Å². The highest BCUT2D eigenvalue weighted by molar-refractivity contribution is 5.96. The Kier molecular flexibility index (Phi) is 7.86. The third-order valence-corrected chi connectivity index (χ3v) is 6.42. The summed E-state index contributed by atoms with van der Waals surface area (Å²) in [5.74, 6) is 0.735. The molecule has 1 aliphatic rings. The van der Waals surface area contributed by atoms with Crippen LogP contribution >= 0.6 is 0 Å². The maximum Gasteiger partial charge on any atom is 0.241 e. The lowest BCUT2D eigenvalue weighted by molar-refractivity contribution is -0.113. The van der Waals surface area contributed by atoms with Crippen molar-refractivity contribution in [1.29, 1.82) is 0 Å². The number of aromatic nitrogens is 5. The number of anilines is 2. The van der Waals surface area contributed by atoms with Gasteiger partial charge in [0.05, 0.1) is 30.2 Å². The summed E-state index contributed by atoms with van der Waals surface area (Å²) in [5, 5.41) is 12.5. The molecule has 0 aliphatic carbocycles. The number of likely N-dealkylation sites (N-methyl/N-ethyl adjacent to an activating group) is 1. The van der Waals surface area contributed by atoms with E-state index in [1.807, 2.05) is 36.4 Å². The molecule has 5 rings (SSSR count). The van der Waals surface area contributed by atoms with Crippen molar-refractivity contribution in [2.45, 2.75) is 6.42 Å². The molecule has 1 amide bonds. The Balaban J connectivity index is 1.36. The van der Waals surface area contributed by atoms with Crippen LogP contribution in [-0.2, 0) is 4.79 Å². The summed E-state index contributed by atoms with van der Waals surface area (Å²) in [6.45, 7) is 5.87. The van der Waals surface area contributed by atoms with Gasteiger partial charge in [-0.25, -0.2) is 9.97 Å². The van der Waals surface area contributed by atoms with E-state index in [-0.39, 0.29) is 0 Å². The average Bonchev–Trinajstić information content (AvgIpc) is 3.46. The second-order valence-corrected chi connectivity index (χ2v) is 9.21. The monoisotopic (exact) mass is 513 g/mol. The first-order chi connectivity index (χ1) is 18.5. The van der Waals surface area contributed by atoms with Gasteiger partial charge in [0.25, 0.3) is 0 Å². The van der Waals surface area contributed by atoms with Crippen molar-refractivity contribution in [3.63, 3.8) is 0 Å². The van der Waals surface area contributed by atoms with Crippen molar-refractivity contribution in [2.75, 3.05) is 51.7 Å². The van der Waals surface area contributed by atoms with E-state index in [1.54, 1.807) is 23.3 Å². The summed E-state index contributed by atoms with van der Waals surface area (Å²) in [5.41, 5.74) is 8.46. The Hall–Kier alpha value is -4.35. The third kappa shape index (κ3) is 6.31. The Morgan fingerprint density at radius 3 is 2.71 bits per heavy atom. The number of amides is 1. The summed E-state index contributed by atoms with van der Waals surface area (Å²) >= 11 is 0. The van der Waals surface area contributed by atoms with Crippen molar-refractivity contribution in [3.8, 4) is 11.4 Å². The second-order valence-electron chi connectivity index (χ2n) is 9.21. The lowest BCUT2D eigenvalue weighted by Crippen LogP contribution is -2.44. The van der Waals surface area contributed by atoms with Crippen LogP contribution in [0.4, 0.5) is 11.5 Å². The molecule has 1 aliphatic heterocycles. The number of benzene rings is 2. The lowest BCUT2D eigenvalue weighted by atomic mass is 10.1. The van der Waals surface area contributed by atoms with E-state index in [1.165, 1.54) is 12.4 Å². The van der Waals surface area contributed by atoms with Gasteiger partial charge in [-0.15, -0.1) is 0 Å². The molecule has 2 aromatic heterocycles. The van der Waals surface area contributed by atoms with Gasteiger partial charge in [0.1, 0.15) is 17.9 Å². The number of piperazine rings is 1. The first-order valence-electron chi connectivity index (χ1n) is 12.6. The molecule has 0 saturated carbocycles. The number of hydrogen-bond donors (Lipinski definition) is 2. The van der Waals surface area contributed by atoms with Crippen LogP contribution in [0, 0.1) is 0 Å². The number of nitrogens with zero attached hydrogens (tertiary/aromatic N) is 7. The molecule has 1 fully saturated rings. The van der Waals surface area contributed by atoms with E-state index >= 15 is 0 Å². The Labute approximate surface area is 220 Å². The zero-order valence-corrected chi connectivity index (χ0v) is 21.3. The van der Waals surface area contributed by atoms with Crippen LogP contribution in [0.3, 0.4) is 0 Å². The summed E-state index contributed by atoms with van der Waals surface area (Å²) in [6.07, 6.45) is 8.67. The van der Waals surface area contributed by atoms with Gasteiger partial charge < -0.3 is 25.6 Å². The van der Waals surface area contributed by atoms with E-state index in [0.717, 1.165) is 67.0 Å². The number of carbonyl (C=O) groups excluding carboxylic acids is 1. The molecule has 1 saturated heterocycles. The number of carbonyl (C=O) groups is 1. The molecule has 38 heavy (non-hydrogen) atoms. The van der Waals surface area contributed by atoms with Gasteiger partial charge in [0.2, 0.25) is 5.91 Å². The Morgan fingerprint density at radius 2 is 1.92 bits per heavy atom. The molecule has 3 heterocycles. The molecular weight excluding hydrogens is 482 g/mol. The number of primary amides is 1. The Bertz CT molecular complexity index is 1410. The van der Waals surface area contributed by atoms with Gasteiger partial charge in [0, 0.05) is 61.5 Å². The van der Waals surface area contributed by atoms with Crippen LogP contribution in [-0.4, -0.2) is 87.0 Å². The van der Waals surface area contributed by atoms with Crippen LogP contribution in [0.25, 0.3) is 22.7 Å². The zero-order chi connectivity index (χ0) is 26.3. The van der Waals surface area contributed by atoms with Crippen molar-refractivity contribution in [1.82, 2.24) is 34.8 Å². The lowest BCUT2D eigenvalue weighted by Gasteiger charge is -2.32. The molecule has 4 aromatic rings. The molecular formula is C27H31N9O2. The molecule has 0 spiro atoms. The van der Waals surface area contributed by atoms with E-state index in [2.05, 4.69) is 42.3 Å².